The highest BCUT2D eigenvalue weighted by molar-refractivity contribution is 8.01. The molecule has 0 radical (unpaired) electrons. The number of amides is 1. The van der Waals surface area contributed by atoms with Crippen LogP contribution in [-0.2, 0) is 4.79 Å². The third kappa shape index (κ3) is 5.08. The molecule has 0 atom stereocenters. The number of nitrogens with one attached hydrogen (secondary N) is 1. The molecule has 0 spiro atoms. The Morgan fingerprint density at radius 2 is 2.05 bits per heavy atom. The number of hydrogen-bond donors (Lipinski definition) is 1. The van der Waals surface area contributed by atoms with E-state index in [1.54, 1.807) is 11.8 Å². The Hall–Kier alpha value is -0.660. The van der Waals surface area contributed by atoms with Crippen molar-refractivity contribution in [3.8, 4) is 0 Å². The molecule has 1 fully saturated rings. The maximum atomic E-state index is 11.9. The zero-order chi connectivity index (χ0) is 13.5. The van der Waals surface area contributed by atoms with Gasteiger partial charge in [0.05, 0.1) is 6.54 Å². The van der Waals surface area contributed by atoms with Crippen molar-refractivity contribution < 1.29 is 4.79 Å². The fraction of sp³-hybridized carbons (Fsp3) is 0.750. The zero-order valence-corrected chi connectivity index (χ0v) is 12.9. The maximum Gasteiger partial charge on any atom is 0.240 e. The van der Waals surface area contributed by atoms with Gasteiger partial charge in [0.15, 0.2) is 4.34 Å². The monoisotopic (exact) mass is 300 g/mol. The van der Waals surface area contributed by atoms with Crippen molar-refractivity contribution in [1.82, 2.24) is 15.1 Å². The molecule has 0 aromatic carbocycles. The van der Waals surface area contributed by atoms with Gasteiger partial charge in [0, 0.05) is 0 Å². The minimum absolute atomic E-state index is 0.0195. The molecule has 1 amide bonds. The number of hydrogen-bond acceptors (Lipinski definition) is 6. The number of likely N-dealkylation sites (tertiary alicyclic amines) is 1. The maximum absolute atomic E-state index is 11.9. The largest absolute Gasteiger partial charge is 0.299 e. The summed E-state index contributed by atoms with van der Waals surface area (Å²) in [5.41, 5.74) is 0. The van der Waals surface area contributed by atoms with Crippen molar-refractivity contribution >= 4 is 34.1 Å². The molecule has 7 heteroatoms. The van der Waals surface area contributed by atoms with Gasteiger partial charge in [-0.15, -0.1) is 10.2 Å². The van der Waals surface area contributed by atoms with Crippen LogP contribution < -0.4 is 5.32 Å². The molecule has 2 rings (SSSR count). The topological polar surface area (TPSA) is 58.1 Å². The first-order valence-electron chi connectivity index (χ1n) is 6.76. The fourth-order valence-electron chi connectivity index (χ4n) is 2.10. The summed E-state index contributed by atoms with van der Waals surface area (Å²) in [5, 5.41) is 11.5. The van der Waals surface area contributed by atoms with E-state index in [9.17, 15) is 4.79 Å². The van der Waals surface area contributed by atoms with Crippen LogP contribution in [0.3, 0.4) is 0 Å². The average Bonchev–Trinajstić information content (AvgIpc) is 2.65. The quantitative estimate of drug-likeness (QED) is 0.668. The van der Waals surface area contributed by atoms with E-state index >= 15 is 0 Å². The summed E-state index contributed by atoms with van der Waals surface area (Å²) in [6, 6.07) is 0. The van der Waals surface area contributed by atoms with Gasteiger partial charge in [0.25, 0.3) is 0 Å². The van der Waals surface area contributed by atoms with Crippen LogP contribution in [0.2, 0.25) is 0 Å². The summed E-state index contributed by atoms with van der Waals surface area (Å²) >= 11 is 3.09. The van der Waals surface area contributed by atoms with E-state index in [0.29, 0.717) is 11.7 Å². The smallest absolute Gasteiger partial charge is 0.240 e. The van der Waals surface area contributed by atoms with Crippen LogP contribution in [0.25, 0.3) is 0 Å². The number of anilines is 1. The Morgan fingerprint density at radius 3 is 2.74 bits per heavy atom. The van der Waals surface area contributed by atoms with Gasteiger partial charge in [0.2, 0.25) is 11.0 Å². The molecule has 19 heavy (non-hydrogen) atoms. The minimum atomic E-state index is 0.0195. The summed E-state index contributed by atoms with van der Waals surface area (Å²) in [4.78, 5) is 14.2. The van der Waals surface area contributed by atoms with Gasteiger partial charge >= 0.3 is 0 Å². The highest BCUT2D eigenvalue weighted by atomic mass is 32.2. The lowest BCUT2D eigenvalue weighted by molar-refractivity contribution is -0.117. The average molecular weight is 300 g/mol. The first kappa shape index (κ1) is 14.7. The number of carbonyl (C=O) groups excluding carboxylic acids is 1. The molecule has 2 heterocycles. The fourth-order valence-corrected chi connectivity index (χ4v) is 3.76. The van der Waals surface area contributed by atoms with Crippen LogP contribution in [0.5, 0.6) is 0 Å². The molecule has 1 aromatic rings. The Labute approximate surface area is 122 Å². The van der Waals surface area contributed by atoms with Crippen LogP contribution in [0.1, 0.15) is 32.6 Å². The molecule has 0 saturated carbocycles. The first-order chi connectivity index (χ1) is 9.28. The Morgan fingerprint density at radius 1 is 1.32 bits per heavy atom. The van der Waals surface area contributed by atoms with E-state index in [0.717, 1.165) is 23.2 Å². The summed E-state index contributed by atoms with van der Waals surface area (Å²) in [6.07, 6.45) is 4.96. The summed E-state index contributed by atoms with van der Waals surface area (Å²) in [7, 11) is 0. The van der Waals surface area contributed by atoms with E-state index in [4.69, 9.17) is 0 Å². The second-order valence-electron chi connectivity index (χ2n) is 4.54. The molecule has 1 saturated heterocycles. The van der Waals surface area contributed by atoms with Crippen molar-refractivity contribution in [3.63, 3.8) is 0 Å². The van der Waals surface area contributed by atoms with E-state index in [1.165, 1.54) is 37.0 Å². The van der Waals surface area contributed by atoms with Crippen molar-refractivity contribution in [1.29, 1.82) is 0 Å². The molecule has 0 unspecified atom stereocenters. The third-order valence-corrected chi connectivity index (χ3v) is 4.84. The molecule has 1 aliphatic rings. The molecule has 0 bridgehead atoms. The number of nitrogens with zero attached hydrogens (tertiary/aromatic N) is 3. The molecular formula is C12H20N4OS2. The highest BCUT2D eigenvalue weighted by Gasteiger charge is 2.14. The van der Waals surface area contributed by atoms with Crippen LogP contribution in [-0.4, -0.2) is 46.4 Å². The first-order valence-corrected chi connectivity index (χ1v) is 8.56. The van der Waals surface area contributed by atoms with Gasteiger partial charge in [-0.05, 0) is 31.7 Å². The SMILES string of the molecule is CCSc1nnc(NC(=O)CN2CCCCCC2)s1. The van der Waals surface area contributed by atoms with Crippen LogP contribution in [0.4, 0.5) is 5.13 Å². The van der Waals surface area contributed by atoms with Crippen LogP contribution >= 0.6 is 23.1 Å². The van der Waals surface area contributed by atoms with Crippen molar-refractivity contribution in [2.45, 2.75) is 36.9 Å². The molecule has 0 aliphatic carbocycles. The van der Waals surface area contributed by atoms with Crippen LogP contribution in [0.15, 0.2) is 4.34 Å². The Bertz CT molecular complexity index is 402. The van der Waals surface area contributed by atoms with E-state index < -0.39 is 0 Å². The lowest BCUT2D eigenvalue weighted by Crippen LogP contribution is -2.33. The molecule has 5 nitrogen and oxygen atoms in total. The van der Waals surface area contributed by atoms with Crippen molar-refractivity contribution in [2.24, 2.45) is 0 Å². The molecule has 106 valence electrons. The molecule has 1 N–H and O–H groups in total. The van der Waals surface area contributed by atoms with Gasteiger partial charge in [-0.3, -0.25) is 15.0 Å². The zero-order valence-electron chi connectivity index (χ0n) is 11.2. The van der Waals surface area contributed by atoms with Crippen molar-refractivity contribution in [2.75, 3.05) is 30.7 Å². The van der Waals surface area contributed by atoms with Gasteiger partial charge in [-0.2, -0.15) is 0 Å². The molecular weight excluding hydrogens is 280 g/mol. The van der Waals surface area contributed by atoms with E-state index in [2.05, 4.69) is 27.3 Å². The Kier molecular flexibility index (Phi) is 6.06. The lowest BCUT2D eigenvalue weighted by Gasteiger charge is -2.18. The summed E-state index contributed by atoms with van der Waals surface area (Å²) < 4.78 is 0.910. The lowest BCUT2D eigenvalue weighted by atomic mass is 10.2. The number of carbonyl (C=O) groups is 1. The third-order valence-electron chi connectivity index (χ3n) is 2.99. The Balaban J connectivity index is 1.79. The van der Waals surface area contributed by atoms with Crippen LogP contribution in [0, 0.1) is 0 Å². The highest BCUT2D eigenvalue weighted by Crippen LogP contribution is 2.24. The number of rotatable bonds is 5. The second kappa shape index (κ2) is 7.81. The predicted octanol–water partition coefficient (Wildman–Crippen LogP) is 2.46. The minimum Gasteiger partial charge on any atom is -0.299 e. The van der Waals surface area contributed by atoms with Gasteiger partial charge in [-0.25, -0.2) is 0 Å². The molecule has 1 aromatic heterocycles. The number of thioether (sulfide) groups is 1. The van der Waals surface area contributed by atoms with Crippen molar-refractivity contribution in [3.05, 3.63) is 0 Å². The standard InChI is InChI=1S/C12H20N4OS2/c1-2-18-12-15-14-11(19-12)13-10(17)9-16-7-5-3-4-6-8-16/h2-9H2,1H3,(H,13,14,17). The van der Waals surface area contributed by atoms with E-state index in [1.807, 2.05) is 0 Å². The van der Waals surface area contributed by atoms with Gasteiger partial charge < -0.3 is 0 Å². The second-order valence-corrected chi connectivity index (χ2v) is 7.03. The summed E-state index contributed by atoms with van der Waals surface area (Å²) in [5.74, 6) is 0.988. The van der Waals surface area contributed by atoms with E-state index in [-0.39, 0.29) is 5.91 Å². The predicted molar refractivity (Wildman–Crippen MR) is 79.8 cm³/mol. The normalized spacial score (nSPS) is 17.1. The number of aromatic nitrogens is 2. The van der Waals surface area contributed by atoms with Gasteiger partial charge in [0.1, 0.15) is 0 Å². The van der Waals surface area contributed by atoms with Gasteiger partial charge in [-0.1, -0.05) is 42.9 Å². The molecule has 1 aliphatic heterocycles. The summed E-state index contributed by atoms with van der Waals surface area (Å²) in [6.45, 7) is 4.60.